The van der Waals surface area contributed by atoms with Crippen molar-refractivity contribution in [2.75, 3.05) is 13.7 Å². The van der Waals surface area contributed by atoms with Crippen LogP contribution < -0.4 is 0 Å². The largest absolute Gasteiger partial charge is 0.479 e. The van der Waals surface area contributed by atoms with Gasteiger partial charge in [-0.3, -0.25) is 0 Å². The van der Waals surface area contributed by atoms with Crippen molar-refractivity contribution in [3.8, 4) is 0 Å². The van der Waals surface area contributed by atoms with Gasteiger partial charge in [0.05, 0.1) is 12.6 Å². The van der Waals surface area contributed by atoms with Crippen molar-refractivity contribution in [2.24, 2.45) is 5.92 Å². The molecule has 0 fully saturated rings. The molecule has 0 aliphatic rings. The smallest absolute Gasteiger partial charge is 0.410 e. The van der Waals surface area contributed by atoms with Gasteiger partial charge in [-0.05, 0) is 40.0 Å². The molecule has 124 valence electrons. The molecule has 0 rings (SSSR count). The molecule has 0 aromatic rings. The summed E-state index contributed by atoms with van der Waals surface area (Å²) in [6, 6.07) is -0.221. The van der Waals surface area contributed by atoms with Crippen LogP contribution in [0.25, 0.3) is 0 Å². The summed E-state index contributed by atoms with van der Waals surface area (Å²) in [5, 5.41) is 8.85. The molecular weight excluding hydrogens is 274 g/mol. The molecule has 6 nitrogen and oxygen atoms in total. The second-order valence-corrected chi connectivity index (χ2v) is 6.69. The zero-order valence-corrected chi connectivity index (χ0v) is 14.2. The molecular formula is C15H29NO5. The van der Waals surface area contributed by atoms with Gasteiger partial charge in [0.1, 0.15) is 5.60 Å². The van der Waals surface area contributed by atoms with E-state index in [1.54, 1.807) is 27.8 Å². The molecule has 6 heteroatoms. The Hall–Kier alpha value is -1.30. The summed E-state index contributed by atoms with van der Waals surface area (Å²) in [5.74, 6) is -0.665. The van der Waals surface area contributed by atoms with Crippen LogP contribution in [-0.4, -0.2) is 53.5 Å². The molecule has 0 heterocycles. The quantitative estimate of drug-likeness (QED) is 0.782. The van der Waals surface area contributed by atoms with E-state index >= 15 is 0 Å². The van der Waals surface area contributed by atoms with Crippen molar-refractivity contribution in [3.05, 3.63) is 0 Å². The van der Waals surface area contributed by atoms with Gasteiger partial charge in [0.2, 0.25) is 0 Å². The van der Waals surface area contributed by atoms with Gasteiger partial charge in [-0.2, -0.15) is 0 Å². The predicted octanol–water partition coefficient (Wildman–Crippen LogP) is 2.76. The van der Waals surface area contributed by atoms with Gasteiger partial charge in [0.25, 0.3) is 0 Å². The van der Waals surface area contributed by atoms with Crippen LogP contribution in [-0.2, 0) is 14.3 Å². The van der Waals surface area contributed by atoms with Crippen molar-refractivity contribution in [1.82, 2.24) is 4.90 Å². The molecule has 0 aromatic heterocycles. The van der Waals surface area contributed by atoms with Gasteiger partial charge in [-0.1, -0.05) is 13.8 Å². The molecule has 0 bridgehead atoms. The number of aliphatic carboxylic acids is 1. The Bertz CT molecular complexity index is 348. The van der Waals surface area contributed by atoms with E-state index in [4.69, 9.17) is 14.6 Å². The molecule has 0 saturated heterocycles. The number of carboxylic acid groups (broad SMARTS) is 1. The molecule has 0 spiro atoms. The predicted molar refractivity (Wildman–Crippen MR) is 80.3 cm³/mol. The minimum Gasteiger partial charge on any atom is -0.479 e. The normalized spacial score (nSPS) is 14.7. The lowest BCUT2D eigenvalue weighted by atomic mass is 10.0. The van der Waals surface area contributed by atoms with E-state index in [9.17, 15) is 9.59 Å². The van der Waals surface area contributed by atoms with Crippen molar-refractivity contribution in [1.29, 1.82) is 0 Å². The van der Waals surface area contributed by atoms with E-state index in [-0.39, 0.29) is 12.6 Å². The standard InChI is InChI=1S/C15H29NO5/c1-10(2)8-12(9-20-11(3)13(17)18)16(7)14(19)21-15(4,5)6/h10-12H,8-9H2,1-7H3,(H,17,18)/t11-,12+/m1/s1. The number of likely N-dealkylation sites (N-methyl/N-ethyl adjacent to an activating group) is 1. The van der Waals surface area contributed by atoms with Crippen LogP contribution >= 0.6 is 0 Å². The van der Waals surface area contributed by atoms with E-state index in [0.717, 1.165) is 0 Å². The van der Waals surface area contributed by atoms with E-state index in [1.807, 2.05) is 13.8 Å². The topological polar surface area (TPSA) is 76.1 Å². The number of amides is 1. The number of carbonyl (C=O) groups excluding carboxylic acids is 1. The summed E-state index contributed by atoms with van der Waals surface area (Å²) in [6.45, 7) is 11.1. The Morgan fingerprint density at radius 3 is 2.10 bits per heavy atom. The Balaban J connectivity index is 4.72. The SMILES string of the molecule is CC(C)C[C@@H](CO[C@H](C)C(=O)O)N(C)C(=O)OC(C)(C)C. The van der Waals surface area contributed by atoms with E-state index in [2.05, 4.69) is 0 Å². The van der Waals surface area contributed by atoms with Crippen molar-refractivity contribution < 1.29 is 24.2 Å². The number of hydrogen-bond acceptors (Lipinski definition) is 4. The highest BCUT2D eigenvalue weighted by Gasteiger charge is 2.27. The van der Waals surface area contributed by atoms with Gasteiger partial charge in [0, 0.05) is 7.05 Å². The molecule has 21 heavy (non-hydrogen) atoms. The highest BCUT2D eigenvalue weighted by Crippen LogP contribution is 2.16. The van der Waals surface area contributed by atoms with Crippen LogP contribution in [0.2, 0.25) is 0 Å². The maximum atomic E-state index is 12.1. The molecule has 0 unspecified atom stereocenters. The first kappa shape index (κ1) is 19.7. The lowest BCUT2D eigenvalue weighted by Crippen LogP contribution is -2.44. The summed E-state index contributed by atoms with van der Waals surface area (Å²) in [6.07, 6.45) is -0.617. The number of nitrogens with zero attached hydrogens (tertiary/aromatic N) is 1. The molecule has 0 saturated carbocycles. The van der Waals surface area contributed by atoms with Crippen LogP contribution in [0.4, 0.5) is 4.79 Å². The lowest BCUT2D eigenvalue weighted by Gasteiger charge is -2.32. The number of ether oxygens (including phenoxy) is 2. The first-order valence-corrected chi connectivity index (χ1v) is 7.24. The van der Waals surface area contributed by atoms with Gasteiger partial charge in [-0.25, -0.2) is 9.59 Å². The summed E-state index contributed by atoms with van der Waals surface area (Å²) >= 11 is 0. The summed E-state index contributed by atoms with van der Waals surface area (Å²) in [7, 11) is 1.65. The number of carbonyl (C=O) groups is 2. The summed E-state index contributed by atoms with van der Waals surface area (Å²) in [4.78, 5) is 24.4. The minimum atomic E-state index is -1.02. The Labute approximate surface area is 127 Å². The van der Waals surface area contributed by atoms with Crippen LogP contribution in [0.3, 0.4) is 0 Å². The van der Waals surface area contributed by atoms with Crippen LogP contribution in [0.1, 0.15) is 48.0 Å². The minimum absolute atomic E-state index is 0.168. The molecule has 1 N–H and O–H groups in total. The fourth-order valence-corrected chi connectivity index (χ4v) is 1.69. The van der Waals surface area contributed by atoms with E-state index in [0.29, 0.717) is 12.3 Å². The summed E-state index contributed by atoms with van der Waals surface area (Å²) < 4.78 is 10.7. The molecule has 0 aliphatic heterocycles. The maximum Gasteiger partial charge on any atom is 0.410 e. The second-order valence-electron chi connectivity index (χ2n) is 6.69. The molecule has 1 amide bonds. The highest BCUT2D eigenvalue weighted by atomic mass is 16.6. The van der Waals surface area contributed by atoms with Crippen LogP contribution in [0.15, 0.2) is 0 Å². The number of carboxylic acids is 1. The van der Waals surface area contributed by atoms with E-state index < -0.39 is 23.8 Å². The monoisotopic (exact) mass is 303 g/mol. The number of hydrogen-bond donors (Lipinski definition) is 1. The first-order chi connectivity index (χ1) is 9.44. The third-order valence-corrected chi connectivity index (χ3v) is 2.86. The number of rotatable bonds is 7. The van der Waals surface area contributed by atoms with Gasteiger partial charge in [-0.15, -0.1) is 0 Å². The Morgan fingerprint density at radius 1 is 1.19 bits per heavy atom. The average molecular weight is 303 g/mol. The Morgan fingerprint density at radius 2 is 1.71 bits per heavy atom. The zero-order chi connectivity index (χ0) is 16.8. The van der Waals surface area contributed by atoms with Gasteiger partial charge < -0.3 is 19.5 Å². The molecule has 0 aromatic carbocycles. The van der Waals surface area contributed by atoms with Crippen LogP contribution in [0.5, 0.6) is 0 Å². The van der Waals surface area contributed by atoms with Crippen molar-refractivity contribution >= 4 is 12.1 Å². The van der Waals surface area contributed by atoms with Crippen molar-refractivity contribution in [2.45, 2.75) is 65.7 Å². The summed E-state index contributed by atoms with van der Waals surface area (Å²) in [5.41, 5.74) is -0.567. The van der Waals surface area contributed by atoms with Gasteiger partial charge >= 0.3 is 12.1 Å². The first-order valence-electron chi connectivity index (χ1n) is 7.24. The van der Waals surface area contributed by atoms with Crippen LogP contribution in [0, 0.1) is 5.92 Å². The third kappa shape index (κ3) is 8.55. The molecule has 0 radical (unpaired) electrons. The second kappa shape index (κ2) is 8.22. The molecule has 0 aliphatic carbocycles. The van der Waals surface area contributed by atoms with Gasteiger partial charge in [0.15, 0.2) is 6.10 Å². The lowest BCUT2D eigenvalue weighted by molar-refractivity contribution is -0.150. The van der Waals surface area contributed by atoms with E-state index in [1.165, 1.54) is 11.8 Å². The van der Waals surface area contributed by atoms with Crippen molar-refractivity contribution in [3.63, 3.8) is 0 Å². The fraction of sp³-hybridized carbons (Fsp3) is 0.867. The fourth-order valence-electron chi connectivity index (χ4n) is 1.69. The third-order valence-electron chi connectivity index (χ3n) is 2.86. The molecule has 2 atom stereocenters. The highest BCUT2D eigenvalue weighted by molar-refractivity contribution is 5.71. The Kier molecular flexibility index (Phi) is 7.71. The zero-order valence-electron chi connectivity index (χ0n) is 14.2. The maximum absolute atomic E-state index is 12.1. The average Bonchev–Trinajstić information content (AvgIpc) is 2.30.